The Morgan fingerprint density at radius 3 is 1.53 bits per heavy atom. The van der Waals surface area contributed by atoms with Crippen molar-refractivity contribution in [2.75, 3.05) is 6.61 Å². The summed E-state index contributed by atoms with van der Waals surface area (Å²) >= 11 is 0. The van der Waals surface area contributed by atoms with Gasteiger partial charge in [0.1, 0.15) is 11.9 Å². The quantitative estimate of drug-likeness (QED) is 0.150. The normalized spacial score (nSPS) is 18.8. The third kappa shape index (κ3) is 7.34. The summed E-state index contributed by atoms with van der Waals surface area (Å²) in [6.07, 6.45) is 3.64. The number of nitrogens with one attached hydrogen (secondary N) is 1. The van der Waals surface area contributed by atoms with Crippen molar-refractivity contribution < 1.29 is 18.0 Å². The van der Waals surface area contributed by atoms with Gasteiger partial charge >= 0.3 is 5.76 Å². The molecule has 6 rings (SSSR count). The number of hydrogen-bond donors (Lipinski definition) is 1. The molecule has 1 aromatic heterocycles. The summed E-state index contributed by atoms with van der Waals surface area (Å²) in [5.41, 5.74) is 0.639. The minimum atomic E-state index is -2.93. The molecule has 8 heteroatoms. The van der Waals surface area contributed by atoms with E-state index in [0.717, 1.165) is 0 Å². The van der Waals surface area contributed by atoms with Crippen LogP contribution in [0.2, 0.25) is 10.1 Å². The van der Waals surface area contributed by atoms with E-state index in [1.165, 1.54) is 20.7 Å². The van der Waals surface area contributed by atoms with Crippen molar-refractivity contribution in [3.63, 3.8) is 0 Å². The van der Waals surface area contributed by atoms with Crippen LogP contribution in [0.3, 0.4) is 0 Å². The monoisotopic (exact) mass is 717 g/mol. The van der Waals surface area contributed by atoms with Crippen LogP contribution < -0.4 is 26.5 Å². The highest BCUT2D eigenvalue weighted by Gasteiger charge is 2.55. The van der Waals surface area contributed by atoms with E-state index in [9.17, 15) is 4.79 Å². The number of hydrogen-bond acceptors (Lipinski definition) is 5. The maximum Gasteiger partial charge on any atom is 0.416 e. The lowest BCUT2D eigenvalue weighted by molar-refractivity contribution is -0.00175. The fraction of sp³-hybridized carbons (Fsp3) is 0.326. The smallest absolute Gasteiger partial charge is 0.413 e. The lowest BCUT2D eigenvalue weighted by Crippen LogP contribution is -2.69. The summed E-state index contributed by atoms with van der Waals surface area (Å²) in [6.45, 7) is 15.9. The minimum Gasteiger partial charge on any atom is -0.413 e. The van der Waals surface area contributed by atoms with Gasteiger partial charge in [-0.1, -0.05) is 169 Å². The Balaban J connectivity index is 1.44. The van der Waals surface area contributed by atoms with Crippen LogP contribution in [0, 0.1) is 6.92 Å². The number of ether oxygens (including phenoxy) is 1. The maximum atomic E-state index is 11.9. The number of aromatic amines is 1. The Morgan fingerprint density at radius 2 is 1.14 bits per heavy atom. The molecule has 5 aromatic rings. The molecule has 1 N–H and O–H groups in total. The number of oxazole rings is 1. The van der Waals surface area contributed by atoms with Gasteiger partial charge in [0.15, 0.2) is 0 Å². The Hall–Kier alpha value is -4.06. The second-order valence-corrected chi connectivity index (χ2v) is 24.1. The third-order valence-corrected chi connectivity index (χ3v) is 20.3. The van der Waals surface area contributed by atoms with Gasteiger partial charge in [0.2, 0.25) is 0 Å². The zero-order valence-electron chi connectivity index (χ0n) is 30.9. The summed E-state index contributed by atoms with van der Waals surface area (Å²) in [5, 5.41) is 4.50. The van der Waals surface area contributed by atoms with Crippen molar-refractivity contribution in [2.45, 2.75) is 83.3 Å². The molecule has 0 amide bonds. The fourth-order valence-electron chi connectivity index (χ4n) is 7.81. The Morgan fingerprint density at radius 1 is 0.706 bits per heavy atom. The largest absolute Gasteiger partial charge is 0.416 e. The van der Waals surface area contributed by atoms with E-state index < -0.39 is 22.4 Å². The lowest BCUT2D eigenvalue weighted by atomic mass is 10.1. The van der Waals surface area contributed by atoms with Crippen LogP contribution in [0.1, 0.15) is 59.4 Å². The van der Waals surface area contributed by atoms with Gasteiger partial charge in [0.05, 0.1) is 24.5 Å². The average Bonchev–Trinajstić information content (AvgIpc) is 3.66. The van der Waals surface area contributed by atoms with Gasteiger partial charge in [-0.3, -0.25) is 4.98 Å². The van der Waals surface area contributed by atoms with E-state index >= 15 is 0 Å². The molecule has 1 fully saturated rings. The van der Waals surface area contributed by atoms with Gasteiger partial charge in [0.25, 0.3) is 16.6 Å². The molecule has 1 aliphatic rings. The lowest BCUT2D eigenvalue weighted by Gasteiger charge is -2.46. The zero-order chi connectivity index (χ0) is 36.3. The van der Waals surface area contributed by atoms with Crippen LogP contribution in [0.15, 0.2) is 137 Å². The van der Waals surface area contributed by atoms with Gasteiger partial charge in [-0.15, -0.1) is 0 Å². The van der Waals surface area contributed by atoms with Crippen molar-refractivity contribution in [3.05, 3.63) is 149 Å². The molecule has 1 aliphatic heterocycles. The van der Waals surface area contributed by atoms with E-state index in [-0.39, 0.29) is 28.4 Å². The van der Waals surface area contributed by atoms with Crippen LogP contribution in [-0.2, 0) is 13.6 Å². The van der Waals surface area contributed by atoms with Gasteiger partial charge < -0.3 is 18.0 Å². The number of aryl methyl sites for hydroxylation is 1. The molecule has 0 aliphatic carbocycles. The van der Waals surface area contributed by atoms with E-state index in [0.29, 0.717) is 24.5 Å². The predicted molar refractivity (Wildman–Crippen MR) is 212 cm³/mol. The summed E-state index contributed by atoms with van der Waals surface area (Å²) in [6, 6.07) is 42.9. The highest BCUT2D eigenvalue weighted by atomic mass is 28.4. The Kier molecular flexibility index (Phi) is 10.7. The van der Waals surface area contributed by atoms with Crippen LogP contribution >= 0.6 is 0 Å². The number of aromatic nitrogens is 1. The van der Waals surface area contributed by atoms with Crippen molar-refractivity contribution in [1.29, 1.82) is 0 Å². The van der Waals surface area contributed by atoms with Gasteiger partial charge in [-0.05, 0) is 43.8 Å². The van der Waals surface area contributed by atoms with E-state index in [4.69, 9.17) is 18.0 Å². The molecule has 4 aromatic carbocycles. The number of benzene rings is 4. The summed E-state index contributed by atoms with van der Waals surface area (Å²) < 4.78 is 27.4. The van der Waals surface area contributed by atoms with Crippen LogP contribution in [0.5, 0.6) is 0 Å². The molecular formula is C43H51NO5Si2. The number of H-pyrrole nitrogens is 1. The van der Waals surface area contributed by atoms with Crippen LogP contribution in [0.25, 0.3) is 6.08 Å². The molecule has 6 nitrogen and oxygen atoms in total. The summed E-state index contributed by atoms with van der Waals surface area (Å²) in [7, 11) is -5.79. The van der Waals surface area contributed by atoms with Crippen molar-refractivity contribution in [3.8, 4) is 0 Å². The van der Waals surface area contributed by atoms with Crippen LogP contribution in [0.4, 0.5) is 0 Å². The molecule has 0 spiro atoms. The highest BCUT2D eigenvalue weighted by Crippen LogP contribution is 2.41. The first kappa shape index (κ1) is 36.7. The van der Waals surface area contributed by atoms with Crippen molar-refractivity contribution in [2.24, 2.45) is 0 Å². The molecule has 266 valence electrons. The molecule has 51 heavy (non-hydrogen) atoms. The van der Waals surface area contributed by atoms with Crippen LogP contribution in [-0.4, -0.2) is 46.5 Å². The van der Waals surface area contributed by atoms with E-state index in [1.54, 1.807) is 6.92 Å². The molecule has 0 radical (unpaired) electrons. The zero-order valence-corrected chi connectivity index (χ0v) is 32.9. The van der Waals surface area contributed by atoms with Gasteiger partial charge in [0, 0.05) is 6.42 Å². The molecular weight excluding hydrogens is 667 g/mol. The second kappa shape index (κ2) is 14.9. The highest BCUT2D eigenvalue weighted by molar-refractivity contribution is 7.00. The first-order chi connectivity index (χ1) is 24.3. The SMILES string of the molecule is Cc1oc(=O)[nH]c1/C=C/[C@H]1C[C@H](O[Si](c2ccccc2)(c2ccccc2)C(C)(C)C)[C@@H](CO[Si](c2ccccc2)(c2ccccc2)C(C)(C)C)O1. The summed E-state index contributed by atoms with van der Waals surface area (Å²) in [4.78, 5) is 14.7. The third-order valence-electron chi connectivity index (χ3n) is 10.2. The molecule has 3 atom stereocenters. The second-order valence-electron chi connectivity index (χ2n) is 15.6. The summed E-state index contributed by atoms with van der Waals surface area (Å²) in [5.74, 6) is 0.0740. The Bertz CT molecular complexity index is 1870. The van der Waals surface area contributed by atoms with Gasteiger partial charge in [-0.25, -0.2) is 4.79 Å². The minimum absolute atomic E-state index is 0.188. The predicted octanol–water partition coefficient (Wildman–Crippen LogP) is 6.97. The van der Waals surface area contributed by atoms with Gasteiger partial charge in [-0.2, -0.15) is 0 Å². The average molecular weight is 718 g/mol. The molecule has 0 saturated carbocycles. The maximum absolute atomic E-state index is 11.9. The van der Waals surface area contributed by atoms with E-state index in [1.807, 2.05) is 12.2 Å². The van der Waals surface area contributed by atoms with Crippen molar-refractivity contribution >= 4 is 43.5 Å². The fourth-order valence-corrected chi connectivity index (χ4v) is 17.1. The topological polar surface area (TPSA) is 73.7 Å². The standard InChI is InChI=1S/C43H51NO5Si2/c1-32-38(44-41(45)47-32)29-28-33-30-39(49-51(43(5,6)7,36-24-16-10-17-25-36)37-26-18-11-19-27-37)40(48-33)31-46-50(42(2,3)4,34-20-12-8-13-21-34)35-22-14-9-15-23-35/h8-29,33,39-40H,30-31H2,1-7H3,(H,44,45)/b29-28+/t33-,39-,40+/m0/s1. The molecule has 0 bridgehead atoms. The first-order valence-corrected chi connectivity index (χ1v) is 21.7. The Labute approximate surface area is 304 Å². The van der Waals surface area contributed by atoms with Crippen molar-refractivity contribution in [1.82, 2.24) is 4.98 Å². The first-order valence-electron chi connectivity index (χ1n) is 17.9. The number of rotatable bonds is 11. The molecule has 1 saturated heterocycles. The molecule has 2 heterocycles. The van der Waals surface area contributed by atoms with E-state index in [2.05, 4.69) is 168 Å². The molecule has 0 unspecified atom stereocenters.